The van der Waals surface area contributed by atoms with Crippen molar-refractivity contribution < 1.29 is 27.5 Å². The van der Waals surface area contributed by atoms with Crippen LogP contribution in [0.4, 0.5) is 19.0 Å². The minimum Gasteiger partial charge on any atom is -0.406 e. The van der Waals surface area contributed by atoms with Crippen molar-refractivity contribution in [1.29, 1.82) is 0 Å². The largest absolute Gasteiger partial charge is 0.573 e. The third-order valence-corrected chi connectivity index (χ3v) is 3.32. The SMILES string of the molecule is NC(=O)CCn1ccc(NC(=O)CCc2ccccc2OC(F)(F)F)n1. The lowest BCUT2D eigenvalue weighted by molar-refractivity contribution is -0.274. The number of nitrogens with zero attached hydrogens (tertiary/aromatic N) is 2. The molecule has 0 atom stereocenters. The molecule has 1 aromatic heterocycles. The maximum atomic E-state index is 12.4. The number of hydrogen-bond donors (Lipinski definition) is 2. The van der Waals surface area contributed by atoms with Crippen LogP contribution in [0.1, 0.15) is 18.4 Å². The maximum Gasteiger partial charge on any atom is 0.573 e. The van der Waals surface area contributed by atoms with Crippen molar-refractivity contribution in [2.75, 3.05) is 5.32 Å². The summed E-state index contributed by atoms with van der Waals surface area (Å²) in [7, 11) is 0. The van der Waals surface area contributed by atoms with Crippen LogP contribution in [0.15, 0.2) is 36.5 Å². The van der Waals surface area contributed by atoms with Gasteiger partial charge in [-0.05, 0) is 18.1 Å². The first-order valence-electron chi connectivity index (χ1n) is 7.68. The van der Waals surface area contributed by atoms with Crippen molar-refractivity contribution in [3.63, 3.8) is 0 Å². The fraction of sp³-hybridized carbons (Fsp3) is 0.312. The highest BCUT2D eigenvalue weighted by Gasteiger charge is 2.31. The standard InChI is InChI=1S/C16H17F3N4O3/c17-16(18,19)26-12-4-2-1-3-11(12)5-6-15(25)21-14-8-10-23(22-14)9-7-13(20)24/h1-4,8,10H,5-7,9H2,(H2,20,24)(H,21,22,25). The normalized spacial score (nSPS) is 11.2. The first-order valence-corrected chi connectivity index (χ1v) is 7.68. The van der Waals surface area contributed by atoms with E-state index in [2.05, 4.69) is 15.2 Å². The van der Waals surface area contributed by atoms with Crippen LogP contribution in [0, 0.1) is 0 Å². The van der Waals surface area contributed by atoms with Crippen molar-refractivity contribution in [2.24, 2.45) is 5.73 Å². The van der Waals surface area contributed by atoms with Crippen molar-refractivity contribution in [1.82, 2.24) is 9.78 Å². The first kappa shape index (κ1) is 19.3. The van der Waals surface area contributed by atoms with Gasteiger partial charge >= 0.3 is 6.36 Å². The Balaban J connectivity index is 1.88. The van der Waals surface area contributed by atoms with Gasteiger partial charge in [-0.25, -0.2) is 0 Å². The summed E-state index contributed by atoms with van der Waals surface area (Å²) in [6.07, 6.45) is -3.08. The molecule has 140 valence electrons. The van der Waals surface area contributed by atoms with Crippen molar-refractivity contribution in [3.8, 4) is 5.75 Å². The van der Waals surface area contributed by atoms with Gasteiger partial charge in [0.2, 0.25) is 11.8 Å². The monoisotopic (exact) mass is 370 g/mol. The van der Waals surface area contributed by atoms with Crippen LogP contribution in [0.2, 0.25) is 0 Å². The van der Waals surface area contributed by atoms with E-state index in [4.69, 9.17) is 5.73 Å². The minimum atomic E-state index is -4.80. The number of nitrogens with one attached hydrogen (secondary N) is 1. The Morgan fingerprint density at radius 2 is 1.92 bits per heavy atom. The maximum absolute atomic E-state index is 12.4. The molecule has 0 aliphatic rings. The number of alkyl halides is 3. The predicted octanol–water partition coefficient (Wildman–Crippen LogP) is 2.23. The van der Waals surface area contributed by atoms with E-state index in [-0.39, 0.29) is 42.9 Å². The van der Waals surface area contributed by atoms with Crippen LogP contribution in [0.5, 0.6) is 5.75 Å². The lowest BCUT2D eigenvalue weighted by Crippen LogP contribution is -2.18. The molecule has 2 rings (SSSR count). The summed E-state index contributed by atoms with van der Waals surface area (Å²) >= 11 is 0. The van der Waals surface area contributed by atoms with Crippen molar-refractivity contribution >= 4 is 17.6 Å². The molecule has 2 aromatic rings. The highest BCUT2D eigenvalue weighted by molar-refractivity contribution is 5.89. The first-order chi connectivity index (χ1) is 12.2. The number of carbonyl (C=O) groups excluding carboxylic acids is 2. The van der Waals surface area contributed by atoms with Gasteiger partial charge in [0, 0.05) is 31.6 Å². The number of primary amides is 1. The molecule has 1 aromatic carbocycles. The Kier molecular flexibility index (Phi) is 6.21. The molecule has 0 fully saturated rings. The second-order valence-electron chi connectivity index (χ2n) is 5.38. The van der Waals surface area contributed by atoms with Gasteiger partial charge in [0.25, 0.3) is 0 Å². The number of carbonyl (C=O) groups is 2. The van der Waals surface area contributed by atoms with Gasteiger partial charge in [0.15, 0.2) is 5.82 Å². The van der Waals surface area contributed by atoms with Gasteiger partial charge in [0.1, 0.15) is 5.75 Å². The molecular weight excluding hydrogens is 353 g/mol. The number of hydrogen-bond acceptors (Lipinski definition) is 4. The second-order valence-corrected chi connectivity index (χ2v) is 5.38. The van der Waals surface area contributed by atoms with Crippen molar-refractivity contribution in [2.45, 2.75) is 32.2 Å². The number of halogens is 3. The van der Waals surface area contributed by atoms with E-state index in [0.29, 0.717) is 0 Å². The molecule has 7 nitrogen and oxygen atoms in total. The lowest BCUT2D eigenvalue weighted by atomic mass is 10.1. The van der Waals surface area contributed by atoms with Crippen molar-refractivity contribution in [3.05, 3.63) is 42.1 Å². The topological polar surface area (TPSA) is 99.2 Å². The predicted molar refractivity (Wildman–Crippen MR) is 86.1 cm³/mol. The highest BCUT2D eigenvalue weighted by Crippen LogP contribution is 2.27. The molecule has 0 aliphatic carbocycles. The molecule has 0 radical (unpaired) electrons. The van der Waals surface area contributed by atoms with E-state index < -0.39 is 18.2 Å². The molecule has 0 bridgehead atoms. The van der Waals surface area contributed by atoms with Gasteiger partial charge in [-0.15, -0.1) is 13.2 Å². The fourth-order valence-electron chi connectivity index (χ4n) is 2.17. The van der Waals surface area contributed by atoms with Gasteiger partial charge in [-0.2, -0.15) is 5.10 Å². The van der Waals surface area contributed by atoms with E-state index >= 15 is 0 Å². The molecule has 26 heavy (non-hydrogen) atoms. The minimum absolute atomic E-state index is 0.0492. The Labute approximate surface area is 146 Å². The van der Waals surface area contributed by atoms with Gasteiger partial charge in [-0.1, -0.05) is 18.2 Å². The Hall–Kier alpha value is -3.04. The van der Waals surface area contributed by atoms with Crippen LogP contribution in [0.3, 0.4) is 0 Å². The summed E-state index contributed by atoms with van der Waals surface area (Å²) in [5, 5.41) is 6.58. The number of anilines is 1. The average molecular weight is 370 g/mol. The lowest BCUT2D eigenvalue weighted by Gasteiger charge is -2.12. The molecule has 0 spiro atoms. The third-order valence-electron chi connectivity index (χ3n) is 3.32. The van der Waals surface area contributed by atoms with Gasteiger partial charge in [0.05, 0.1) is 0 Å². The second kappa shape index (κ2) is 8.37. The molecule has 3 N–H and O–H groups in total. The molecule has 0 aliphatic heterocycles. The molecule has 1 heterocycles. The van der Waals surface area contributed by atoms with Gasteiger partial charge in [-0.3, -0.25) is 14.3 Å². The van der Waals surface area contributed by atoms with E-state index in [1.165, 1.54) is 22.9 Å². The zero-order valence-electron chi connectivity index (χ0n) is 13.6. The number of aryl methyl sites for hydroxylation is 2. The number of nitrogens with two attached hydrogens (primary N) is 1. The smallest absolute Gasteiger partial charge is 0.406 e. The molecule has 0 unspecified atom stereocenters. The average Bonchev–Trinajstić information content (AvgIpc) is 2.98. The number of rotatable bonds is 8. The molecule has 0 saturated heterocycles. The summed E-state index contributed by atoms with van der Waals surface area (Å²) in [5.74, 6) is -0.930. The van der Waals surface area contributed by atoms with E-state index in [0.717, 1.165) is 0 Å². The number of benzene rings is 1. The molecule has 0 saturated carbocycles. The number of amides is 2. The highest BCUT2D eigenvalue weighted by atomic mass is 19.4. The zero-order chi connectivity index (χ0) is 19.2. The summed E-state index contributed by atoms with van der Waals surface area (Å²) in [6.45, 7) is 0.285. The Morgan fingerprint density at radius 3 is 2.62 bits per heavy atom. The fourth-order valence-corrected chi connectivity index (χ4v) is 2.17. The Morgan fingerprint density at radius 1 is 1.19 bits per heavy atom. The van der Waals surface area contributed by atoms with Crippen LogP contribution in [-0.2, 0) is 22.6 Å². The summed E-state index contributed by atoms with van der Waals surface area (Å²) in [5.41, 5.74) is 5.31. The summed E-state index contributed by atoms with van der Waals surface area (Å²) in [6, 6.07) is 7.19. The van der Waals surface area contributed by atoms with E-state index in [9.17, 15) is 22.8 Å². The molecular formula is C16H17F3N4O3. The van der Waals surface area contributed by atoms with Gasteiger partial charge < -0.3 is 15.8 Å². The molecule has 2 amide bonds. The summed E-state index contributed by atoms with van der Waals surface area (Å²) in [4.78, 5) is 22.7. The Bertz CT molecular complexity index is 774. The van der Waals surface area contributed by atoms with Crippen LogP contribution in [0.25, 0.3) is 0 Å². The van der Waals surface area contributed by atoms with Crippen LogP contribution >= 0.6 is 0 Å². The molecule has 10 heteroatoms. The van der Waals surface area contributed by atoms with E-state index in [1.54, 1.807) is 18.3 Å². The van der Waals surface area contributed by atoms with Crippen LogP contribution < -0.4 is 15.8 Å². The zero-order valence-corrected chi connectivity index (χ0v) is 13.6. The summed E-state index contributed by atoms with van der Waals surface area (Å²) < 4.78 is 42.5. The van der Waals surface area contributed by atoms with Crippen LogP contribution in [-0.4, -0.2) is 28.0 Å². The quantitative estimate of drug-likeness (QED) is 0.744. The number of para-hydroxylation sites is 1. The van der Waals surface area contributed by atoms with E-state index in [1.807, 2.05) is 0 Å². The number of ether oxygens (including phenoxy) is 1. The third kappa shape index (κ3) is 6.46. The number of aromatic nitrogens is 2.